The number of hydrogen-bond donors (Lipinski definition) is 1. The number of thioether (sulfide) groups is 1. The third-order valence-corrected chi connectivity index (χ3v) is 6.94. The van der Waals surface area contributed by atoms with Crippen molar-refractivity contribution >= 4 is 51.7 Å². The summed E-state index contributed by atoms with van der Waals surface area (Å²) < 4.78 is 5.33. The predicted molar refractivity (Wildman–Crippen MR) is 143 cm³/mol. The minimum atomic E-state index is -0.615. The van der Waals surface area contributed by atoms with Crippen LogP contribution in [0.4, 0.5) is 11.4 Å². The van der Waals surface area contributed by atoms with Crippen molar-refractivity contribution in [1.29, 1.82) is 0 Å². The number of rotatable bonds is 8. The van der Waals surface area contributed by atoms with Crippen molar-refractivity contribution in [3.8, 4) is 5.75 Å². The number of aliphatic imine (C=N–C) groups is 1. The smallest absolute Gasteiger partial charge is 0.238 e. The SMILES string of the molecule is COc1ccccc1NC(=O)C1CC(=O)N(CCCc2ccccc2)C(=Nc2cccc(Cl)c2)S1. The largest absolute Gasteiger partial charge is 0.495 e. The van der Waals surface area contributed by atoms with Crippen LogP contribution in [-0.4, -0.2) is 40.8 Å². The highest BCUT2D eigenvalue weighted by Crippen LogP contribution is 2.32. The lowest BCUT2D eigenvalue weighted by Crippen LogP contribution is -2.45. The van der Waals surface area contributed by atoms with Gasteiger partial charge in [-0.2, -0.15) is 0 Å². The average Bonchev–Trinajstić information content (AvgIpc) is 2.86. The number of nitrogens with one attached hydrogen (secondary N) is 1. The molecule has 0 aromatic heterocycles. The van der Waals surface area contributed by atoms with Crippen LogP contribution in [0.3, 0.4) is 0 Å². The van der Waals surface area contributed by atoms with Crippen LogP contribution in [0.2, 0.25) is 5.02 Å². The van der Waals surface area contributed by atoms with Gasteiger partial charge >= 0.3 is 0 Å². The lowest BCUT2D eigenvalue weighted by Gasteiger charge is -2.32. The molecule has 1 heterocycles. The molecule has 1 fully saturated rings. The minimum absolute atomic E-state index is 0.0888. The Morgan fingerprint density at radius 2 is 1.89 bits per heavy atom. The Balaban J connectivity index is 1.52. The summed E-state index contributed by atoms with van der Waals surface area (Å²) in [5, 5.41) is 3.33. The minimum Gasteiger partial charge on any atom is -0.495 e. The summed E-state index contributed by atoms with van der Waals surface area (Å²) in [5.74, 6) is 0.164. The van der Waals surface area contributed by atoms with Gasteiger partial charge in [-0.3, -0.25) is 14.5 Å². The Morgan fingerprint density at radius 1 is 1.11 bits per heavy atom. The maximum Gasteiger partial charge on any atom is 0.238 e. The fourth-order valence-corrected chi connectivity index (χ4v) is 5.07. The second-order valence-electron chi connectivity index (χ2n) is 8.01. The van der Waals surface area contributed by atoms with E-state index in [1.54, 1.807) is 36.3 Å². The van der Waals surface area contributed by atoms with Gasteiger partial charge in [-0.1, -0.05) is 71.9 Å². The monoisotopic (exact) mass is 507 g/mol. The summed E-state index contributed by atoms with van der Waals surface area (Å²) in [7, 11) is 1.55. The molecule has 8 heteroatoms. The lowest BCUT2D eigenvalue weighted by molar-refractivity contribution is -0.129. The van der Waals surface area contributed by atoms with Crippen molar-refractivity contribution in [2.45, 2.75) is 24.5 Å². The highest BCUT2D eigenvalue weighted by atomic mass is 35.5. The van der Waals surface area contributed by atoms with Crippen LogP contribution in [0, 0.1) is 0 Å². The highest BCUT2D eigenvalue weighted by Gasteiger charge is 2.36. The molecule has 0 spiro atoms. The third kappa shape index (κ3) is 6.65. The van der Waals surface area contributed by atoms with E-state index in [1.807, 2.05) is 42.5 Å². The number of aryl methyl sites for hydroxylation is 1. The van der Waals surface area contributed by atoms with Crippen LogP contribution in [0.25, 0.3) is 0 Å². The van der Waals surface area contributed by atoms with Gasteiger partial charge in [0.05, 0.1) is 18.5 Å². The molecule has 1 atom stereocenters. The summed E-state index contributed by atoms with van der Waals surface area (Å²) in [5.41, 5.74) is 2.41. The second kappa shape index (κ2) is 11.9. The molecule has 180 valence electrons. The van der Waals surface area contributed by atoms with Crippen LogP contribution in [-0.2, 0) is 16.0 Å². The van der Waals surface area contributed by atoms with Gasteiger partial charge in [0, 0.05) is 18.0 Å². The first-order chi connectivity index (χ1) is 17.0. The van der Waals surface area contributed by atoms with E-state index in [4.69, 9.17) is 21.3 Å². The molecule has 6 nitrogen and oxygen atoms in total. The third-order valence-electron chi connectivity index (χ3n) is 5.52. The van der Waals surface area contributed by atoms with E-state index in [0.29, 0.717) is 33.9 Å². The molecular formula is C27H26ClN3O3S. The number of nitrogens with zero attached hydrogens (tertiary/aromatic N) is 2. The van der Waals surface area contributed by atoms with Gasteiger partial charge in [0.15, 0.2) is 5.17 Å². The predicted octanol–water partition coefficient (Wildman–Crippen LogP) is 5.94. The Hall–Kier alpha value is -3.29. The van der Waals surface area contributed by atoms with Crippen molar-refractivity contribution in [2.75, 3.05) is 19.0 Å². The average molecular weight is 508 g/mol. The quantitative estimate of drug-likeness (QED) is 0.409. The number of hydrogen-bond acceptors (Lipinski definition) is 5. The first kappa shape index (κ1) is 24.8. The van der Waals surface area contributed by atoms with Gasteiger partial charge in [0.2, 0.25) is 11.8 Å². The zero-order chi connectivity index (χ0) is 24.6. The summed E-state index contributed by atoms with van der Waals surface area (Å²) in [6.45, 7) is 0.515. The highest BCUT2D eigenvalue weighted by molar-refractivity contribution is 8.15. The van der Waals surface area contributed by atoms with E-state index in [9.17, 15) is 9.59 Å². The zero-order valence-electron chi connectivity index (χ0n) is 19.3. The summed E-state index contributed by atoms with van der Waals surface area (Å²) in [4.78, 5) is 32.7. The molecule has 3 aromatic carbocycles. The summed E-state index contributed by atoms with van der Waals surface area (Å²) in [6, 6.07) is 24.5. The molecule has 2 amide bonds. The number of amidine groups is 1. The van der Waals surface area contributed by atoms with Gasteiger partial charge < -0.3 is 10.1 Å². The topological polar surface area (TPSA) is 71.0 Å². The Morgan fingerprint density at radius 3 is 2.66 bits per heavy atom. The van der Waals surface area contributed by atoms with Gasteiger partial charge in [0.1, 0.15) is 11.0 Å². The van der Waals surface area contributed by atoms with Crippen LogP contribution >= 0.6 is 23.4 Å². The summed E-state index contributed by atoms with van der Waals surface area (Å²) >= 11 is 7.43. The fraction of sp³-hybridized carbons (Fsp3) is 0.222. The van der Waals surface area contributed by atoms with Crippen molar-refractivity contribution in [3.63, 3.8) is 0 Å². The first-order valence-corrected chi connectivity index (χ1v) is 12.6. The van der Waals surface area contributed by atoms with E-state index >= 15 is 0 Å². The van der Waals surface area contributed by atoms with Gasteiger partial charge in [-0.05, 0) is 48.7 Å². The molecule has 35 heavy (non-hydrogen) atoms. The molecule has 0 bridgehead atoms. The van der Waals surface area contributed by atoms with Crippen molar-refractivity contribution in [1.82, 2.24) is 4.90 Å². The van der Waals surface area contributed by atoms with E-state index in [0.717, 1.165) is 12.8 Å². The molecule has 0 saturated carbocycles. The van der Waals surface area contributed by atoms with E-state index in [2.05, 4.69) is 17.4 Å². The van der Waals surface area contributed by atoms with Crippen LogP contribution < -0.4 is 10.1 Å². The van der Waals surface area contributed by atoms with Crippen LogP contribution in [0.5, 0.6) is 5.75 Å². The van der Waals surface area contributed by atoms with Gasteiger partial charge in [-0.15, -0.1) is 0 Å². The number of para-hydroxylation sites is 2. The number of anilines is 1. The number of amides is 2. The Labute approximate surface area is 214 Å². The molecule has 1 unspecified atom stereocenters. The second-order valence-corrected chi connectivity index (χ2v) is 9.62. The molecule has 1 saturated heterocycles. The number of methoxy groups -OCH3 is 1. The van der Waals surface area contributed by atoms with Crippen LogP contribution in [0.1, 0.15) is 18.4 Å². The summed E-state index contributed by atoms with van der Waals surface area (Å²) in [6.07, 6.45) is 1.71. The normalized spacial score (nSPS) is 16.9. The fourth-order valence-electron chi connectivity index (χ4n) is 3.76. The van der Waals surface area contributed by atoms with E-state index < -0.39 is 5.25 Å². The van der Waals surface area contributed by atoms with Crippen molar-refractivity contribution in [2.24, 2.45) is 4.99 Å². The van der Waals surface area contributed by atoms with Gasteiger partial charge in [0.25, 0.3) is 0 Å². The van der Waals surface area contributed by atoms with Crippen molar-refractivity contribution in [3.05, 3.63) is 89.4 Å². The first-order valence-electron chi connectivity index (χ1n) is 11.3. The number of carbonyl (C=O) groups is 2. The molecular weight excluding hydrogens is 482 g/mol. The Kier molecular flexibility index (Phi) is 8.45. The number of carbonyl (C=O) groups excluding carboxylic acids is 2. The molecule has 0 radical (unpaired) electrons. The van der Waals surface area contributed by atoms with Crippen molar-refractivity contribution < 1.29 is 14.3 Å². The molecule has 1 aliphatic heterocycles. The van der Waals surface area contributed by atoms with E-state index in [-0.39, 0.29) is 18.2 Å². The zero-order valence-corrected chi connectivity index (χ0v) is 20.9. The number of ether oxygens (including phenoxy) is 1. The van der Waals surface area contributed by atoms with Gasteiger partial charge in [-0.25, -0.2) is 4.99 Å². The lowest BCUT2D eigenvalue weighted by atomic mass is 10.1. The molecule has 4 rings (SSSR count). The van der Waals surface area contributed by atoms with Crippen LogP contribution in [0.15, 0.2) is 83.9 Å². The Bertz CT molecular complexity index is 1220. The molecule has 1 N–H and O–H groups in total. The number of halogens is 1. The maximum absolute atomic E-state index is 13.2. The maximum atomic E-state index is 13.2. The number of benzene rings is 3. The standard InChI is InChI=1S/C27H26ClN3O3S/c1-34-23-15-6-5-14-22(23)30-26(33)24-18-25(32)31(16-8-11-19-9-3-2-4-10-19)27(35-24)29-21-13-7-12-20(28)17-21/h2-7,9-10,12-15,17,24H,8,11,16,18H2,1H3,(H,30,33). The molecule has 1 aliphatic rings. The van der Waals surface area contributed by atoms with E-state index in [1.165, 1.54) is 17.3 Å². The molecule has 3 aromatic rings. The molecule has 0 aliphatic carbocycles.